The van der Waals surface area contributed by atoms with Crippen molar-refractivity contribution in [3.8, 4) is 0 Å². The van der Waals surface area contributed by atoms with Crippen LogP contribution in [0.4, 0.5) is 5.69 Å². The van der Waals surface area contributed by atoms with Crippen LogP contribution in [0, 0.1) is 6.92 Å². The van der Waals surface area contributed by atoms with Gasteiger partial charge in [0.25, 0.3) is 10.0 Å². The van der Waals surface area contributed by atoms with E-state index in [2.05, 4.69) is 5.32 Å². The molecule has 3 aromatic rings. The van der Waals surface area contributed by atoms with E-state index in [1.807, 2.05) is 6.92 Å². The number of amides is 2. The fourth-order valence-corrected chi connectivity index (χ4v) is 6.51. The number of hydrogen-bond acceptors (Lipinski definition) is 4. The first kappa shape index (κ1) is 31.7. The molecule has 0 radical (unpaired) electrons. The Morgan fingerprint density at radius 2 is 1.57 bits per heavy atom. The molecule has 0 heterocycles. The summed E-state index contributed by atoms with van der Waals surface area (Å²) in [6.45, 7) is 5.20. The molecule has 0 aliphatic rings. The Balaban J connectivity index is 2.11. The molecule has 11 heteroatoms. The van der Waals surface area contributed by atoms with Gasteiger partial charge in [0, 0.05) is 33.7 Å². The van der Waals surface area contributed by atoms with Crippen LogP contribution in [0.25, 0.3) is 0 Å². The third-order valence-corrected chi connectivity index (χ3v) is 9.08. The predicted molar refractivity (Wildman–Crippen MR) is 162 cm³/mol. The van der Waals surface area contributed by atoms with Crippen molar-refractivity contribution in [3.63, 3.8) is 0 Å². The van der Waals surface area contributed by atoms with E-state index < -0.39 is 28.5 Å². The quantitative estimate of drug-likeness (QED) is 0.250. The lowest BCUT2D eigenvalue weighted by Crippen LogP contribution is -2.52. The number of nitrogens with zero attached hydrogens (tertiary/aromatic N) is 2. The molecule has 2 amide bonds. The van der Waals surface area contributed by atoms with Crippen molar-refractivity contribution < 1.29 is 18.0 Å². The largest absolute Gasteiger partial charge is 0.354 e. The summed E-state index contributed by atoms with van der Waals surface area (Å²) < 4.78 is 28.9. The highest BCUT2D eigenvalue weighted by Gasteiger charge is 2.34. The molecule has 1 N–H and O–H groups in total. The summed E-state index contributed by atoms with van der Waals surface area (Å²) in [6, 6.07) is 16.7. The Kier molecular flexibility index (Phi) is 11.3. The fourth-order valence-electron chi connectivity index (χ4n) is 4.27. The van der Waals surface area contributed by atoms with Crippen molar-refractivity contribution in [1.29, 1.82) is 0 Å². The van der Waals surface area contributed by atoms with Gasteiger partial charge in [-0.3, -0.25) is 13.9 Å². The van der Waals surface area contributed by atoms with Crippen molar-refractivity contribution in [2.45, 2.75) is 51.1 Å². The number of carbonyl (C=O) groups excluding carboxylic acids is 2. The summed E-state index contributed by atoms with van der Waals surface area (Å²) in [5.41, 5.74) is 1.31. The molecule has 214 valence electrons. The molecular formula is C29H32Cl3N3O4S. The van der Waals surface area contributed by atoms with E-state index in [4.69, 9.17) is 34.8 Å². The van der Waals surface area contributed by atoms with Gasteiger partial charge in [0.05, 0.1) is 10.6 Å². The van der Waals surface area contributed by atoms with Gasteiger partial charge >= 0.3 is 0 Å². The average molecular weight is 625 g/mol. The second-order valence-corrected chi connectivity index (χ2v) is 12.3. The first-order chi connectivity index (χ1) is 19.0. The maximum Gasteiger partial charge on any atom is 0.264 e. The van der Waals surface area contributed by atoms with Crippen LogP contribution in [0.15, 0.2) is 71.6 Å². The number of aryl methyl sites for hydroxylation is 1. The van der Waals surface area contributed by atoms with Crippen molar-refractivity contribution in [2.24, 2.45) is 0 Å². The molecular weight excluding hydrogens is 593 g/mol. The standard InChI is InChI=1S/C29H32Cl3N3O4S/c1-4-16-33-29(37)26(5-2)34(18-23-24(31)12-9-13-25(23)32)28(36)19-35(27-15-14-21(30)17-20(27)3)40(38,39)22-10-7-6-8-11-22/h6-15,17,26H,4-5,16,18-19H2,1-3H3,(H,33,37)/t26-/m1/s1. The summed E-state index contributed by atoms with van der Waals surface area (Å²) in [6.07, 6.45) is 1.00. The van der Waals surface area contributed by atoms with E-state index in [-0.39, 0.29) is 23.8 Å². The van der Waals surface area contributed by atoms with E-state index >= 15 is 0 Å². The lowest BCUT2D eigenvalue weighted by atomic mass is 10.1. The van der Waals surface area contributed by atoms with Crippen LogP contribution in [0.5, 0.6) is 0 Å². The number of halogens is 3. The third-order valence-electron chi connectivity index (χ3n) is 6.36. The summed E-state index contributed by atoms with van der Waals surface area (Å²) in [7, 11) is -4.18. The molecule has 0 saturated heterocycles. The van der Waals surface area contributed by atoms with E-state index in [1.165, 1.54) is 17.0 Å². The van der Waals surface area contributed by atoms with Crippen molar-refractivity contribution in [1.82, 2.24) is 10.2 Å². The van der Waals surface area contributed by atoms with Crippen LogP contribution in [0.1, 0.15) is 37.8 Å². The number of anilines is 1. The number of rotatable bonds is 12. The Labute approximate surface area is 251 Å². The van der Waals surface area contributed by atoms with E-state index in [0.717, 1.165) is 4.31 Å². The molecule has 0 aromatic heterocycles. The lowest BCUT2D eigenvalue weighted by Gasteiger charge is -2.34. The third kappa shape index (κ3) is 7.49. The Morgan fingerprint density at radius 1 is 0.925 bits per heavy atom. The Morgan fingerprint density at radius 3 is 2.15 bits per heavy atom. The van der Waals surface area contributed by atoms with Crippen LogP contribution in [0.2, 0.25) is 15.1 Å². The highest BCUT2D eigenvalue weighted by atomic mass is 35.5. The van der Waals surface area contributed by atoms with Crippen LogP contribution >= 0.6 is 34.8 Å². The van der Waals surface area contributed by atoms with Crippen LogP contribution < -0.4 is 9.62 Å². The predicted octanol–water partition coefficient (Wildman–Crippen LogP) is 6.48. The summed E-state index contributed by atoms with van der Waals surface area (Å²) in [4.78, 5) is 28.7. The molecule has 7 nitrogen and oxygen atoms in total. The van der Waals surface area contributed by atoms with Gasteiger partial charge in [-0.05, 0) is 67.8 Å². The molecule has 3 rings (SSSR count). The number of hydrogen-bond donors (Lipinski definition) is 1. The number of benzene rings is 3. The van der Waals surface area contributed by atoms with Gasteiger partial charge in [0.1, 0.15) is 12.6 Å². The van der Waals surface area contributed by atoms with Gasteiger partial charge in [-0.15, -0.1) is 0 Å². The molecule has 0 bridgehead atoms. The summed E-state index contributed by atoms with van der Waals surface area (Å²) in [5.74, 6) is -0.940. The first-order valence-electron chi connectivity index (χ1n) is 12.8. The monoisotopic (exact) mass is 623 g/mol. The van der Waals surface area contributed by atoms with Crippen LogP contribution in [-0.2, 0) is 26.2 Å². The molecule has 0 aliphatic carbocycles. The molecule has 0 aliphatic heterocycles. The van der Waals surface area contributed by atoms with Crippen molar-refractivity contribution in [3.05, 3.63) is 92.9 Å². The molecule has 3 aromatic carbocycles. The number of carbonyl (C=O) groups is 2. The second-order valence-electron chi connectivity index (χ2n) is 9.19. The minimum atomic E-state index is -4.18. The molecule has 40 heavy (non-hydrogen) atoms. The van der Waals surface area contributed by atoms with Crippen LogP contribution in [-0.4, -0.2) is 44.3 Å². The lowest BCUT2D eigenvalue weighted by molar-refractivity contribution is -0.140. The van der Waals surface area contributed by atoms with Gasteiger partial charge in [-0.2, -0.15) is 0 Å². The smallest absolute Gasteiger partial charge is 0.264 e. The first-order valence-corrected chi connectivity index (χ1v) is 15.4. The average Bonchev–Trinajstić information content (AvgIpc) is 2.92. The molecule has 0 spiro atoms. The van der Waals surface area contributed by atoms with Crippen molar-refractivity contribution >= 4 is 62.3 Å². The number of sulfonamides is 1. The van der Waals surface area contributed by atoms with E-state index in [1.54, 1.807) is 68.4 Å². The van der Waals surface area contributed by atoms with Gasteiger partial charge in [0.2, 0.25) is 11.8 Å². The van der Waals surface area contributed by atoms with Crippen molar-refractivity contribution in [2.75, 3.05) is 17.4 Å². The fraction of sp³-hybridized carbons (Fsp3) is 0.310. The van der Waals surface area contributed by atoms with Gasteiger partial charge in [-0.1, -0.05) is 72.9 Å². The zero-order valence-corrected chi connectivity index (χ0v) is 25.6. The number of nitrogens with one attached hydrogen (secondary N) is 1. The summed E-state index contributed by atoms with van der Waals surface area (Å²) >= 11 is 19.0. The van der Waals surface area contributed by atoms with Gasteiger partial charge in [-0.25, -0.2) is 8.42 Å². The topological polar surface area (TPSA) is 86.8 Å². The second kappa shape index (κ2) is 14.2. The molecule has 0 unspecified atom stereocenters. The van der Waals surface area contributed by atoms with Gasteiger partial charge in [0.15, 0.2) is 0 Å². The van der Waals surface area contributed by atoms with Crippen LogP contribution in [0.3, 0.4) is 0 Å². The zero-order chi connectivity index (χ0) is 29.4. The van der Waals surface area contributed by atoms with E-state index in [0.29, 0.717) is 44.8 Å². The SMILES string of the molecule is CCCNC(=O)[C@@H](CC)N(Cc1c(Cl)cccc1Cl)C(=O)CN(c1ccc(Cl)cc1C)S(=O)(=O)c1ccccc1. The molecule has 0 fully saturated rings. The Hall–Kier alpha value is -2.78. The molecule has 1 atom stereocenters. The molecule has 0 saturated carbocycles. The van der Waals surface area contributed by atoms with Gasteiger partial charge < -0.3 is 10.2 Å². The highest BCUT2D eigenvalue weighted by Crippen LogP contribution is 2.31. The maximum absolute atomic E-state index is 14.1. The Bertz CT molecular complexity index is 1430. The highest BCUT2D eigenvalue weighted by molar-refractivity contribution is 7.92. The minimum Gasteiger partial charge on any atom is -0.354 e. The minimum absolute atomic E-state index is 0.0191. The summed E-state index contributed by atoms with van der Waals surface area (Å²) in [5, 5.41) is 3.93. The zero-order valence-electron chi connectivity index (χ0n) is 22.5. The maximum atomic E-state index is 14.1. The normalized spacial score (nSPS) is 12.1. The van der Waals surface area contributed by atoms with E-state index in [9.17, 15) is 18.0 Å².